The lowest BCUT2D eigenvalue weighted by Crippen LogP contribution is -2.57. The summed E-state index contributed by atoms with van der Waals surface area (Å²) in [4.78, 5) is 43.5. The normalized spacial score (nSPS) is 15.5. The monoisotopic (exact) mass is 553 g/mol. The lowest BCUT2D eigenvalue weighted by Gasteiger charge is -2.42. The van der Waals surface area contributed by atoms with Crippen molar-refractivity contribution in [2.24, 2.45) is 5.92 Å². The van der Waals surface area contributed by atoms with Gasteiger partial charge in [0.2, 0.25) is 17.8 Å². The number of hydrogen-bond donors (Lipinski definition) is 1. The Hall–Kier alpha value is -3.66. The van der Waals surface area contributed by atoms with Gasteiger partial charge in [-0.1, -0.05) is 31.5 Å². The molecule has 1 aromatic carbocycles. The first-order valence-electron chi connectivity index (χ1n) is 13.2. The van der Waals surface area contributed by atoms with Crippen LogP contribution in [0.1, 0.15) is 37.9 Å². The number of nitrogens with zero attached hydrogens (tertiary/aromatic N) is 6. The molecule has 10 nitrogen and oxygen atoms in total. The Morgan fingerprint density at radius 2 is 2.03 bits per heavy atom. The molecule has 1 fully saturated rings. The molecule has 11 heteroatoms. The maximum absolute atomic E-state index is 13.1. The molecule has 1 saturated heterocycles. The summed E-state index contributed by atoms with van der Waals surface area (Å²) in [6, 6.07) is 7.26. The van der Waals surface area contributed by atoms with E-state index >= 15 is 0 Å². The minimum atomic E-state index is -0.271. The number of aromatic nitrogens is 4. The Morgan fingerprint density at radius 3 is 2.72 bits per heavy atom. The van der Waals surface area contributed by atoms with E-state index in [4.69, 9.17) is 21.3 Å². The van der Waals surface area contributed by atoms with Gasteiger partial charge < -0.3 is 19.9 Å². The third-order valence-electron chi connectivity index (χ3n) is 6.65. The first kappa shape index (κ1) is 28.4. The second-order valence-electron chi connectivity index (χ2n) is 10.2. The number of halogens is 1. The van der Waals surface area contributed by atoms with Gasteiger partial charge in [0, 0.05) is 63.2 Å². The average Bonchev–Trinajstić information content (AvgIpc) is 3.43. The molecule has 0 spiro atoms. The first-order valence-corrected chi connectivity index (χ1v) is 13.6. The van der Waals surface area contributed by atoms with E-state index in [1.807, 2.05) is 49.9 Å². The fourth-order valence-electron chi connectivity index (χ4n) is 4.72. The van der Waals surface area contributed by atoms with E-state index in [1.165, 1.54) is 0 Å². The van der Waals surface area contributed by atoms with Crippen LogP contribution in [0.5, 0.6) is 5.75 Å². The summed E-state index contributed by atoms with van der Waals surface area (Å²) >= 11 is 6.23. The average molecular weight is 554 g/mol. The number of benzene rings is 1. The lowest BCUT2D eigenvalue weighted by molar-refractivity contribution is -0.136. The van der Waals surface area contributed by atoms with Crippen LogP contribution in [0.25, 0.3) is 5.95 Å². The largest absolute Gasteiger partial charge is 0.495 e. The van der Waals surface area contributed by atoms with Gasteiger partial charge in [0.1, 0.15) is 17.9 Å². The van der Waals surface area contributed by atoms with Gasteiger partial charge in [0.25, 0.3) is 0 Å². The summed E-state index contributed by atoms with van der Waals surface area (Å²) in [6.07, 6.45) is 6.44. The number of piperazine rings is 1. The zero-order chi connectivity index (χ0) is 27.9. The van der Waals surface area contributed by atoms with Crippen molar-refractivity contribution in [1.82, 2.24) is 29.7 Å². The standard InChI is InChI=1S/C28H36ClN7O3/c1-19(2)13-27(38)36-12-11-34(25-14-20(3)32-28(33-25)35-10-9-30-18-35)17-22(36)16-26(37)31-8-7-21-5-6-24(39-4)23(29)15-21/h5-6,9-10,14-15,18-19,22H,7-8,11-13,16-17H2,1-4H3,(H,31,37). The van der Waals surface area contributed by atoms with Crippen LogP contribution in [0, 0.1) is 12.8 Å². The van der Waals surface area contributed by atoms with E-state index in [1.54, 1.807) is 30.4 Å². The van der Waals surface area contributed by atoms with E-state index in [9.17, 15) is 9.59 Å². The van der Waals surface area contributed by atoms with Crippen molar-refractivity contribution in [3.8, 4) is 11.7 Å². The minimum absolute atomic E-state index is 0.0771. The number of amides is 2. The summed E-state index contributed by atoms with van der Waals surface area (Å²) in [5, 5.41) is 3.55. The van der Waals surface area contributed by atoms with Gasteiger partial charge in [-0.2, -0.15) is 4.98 Å². The number of aryl methyl sites for hydroxylation is 1. The summed E-state index contributed by atoms with van der Waals surface area (Å²) in [5.74, 6) is 2.14. The Kier molecular flexibility index (Phi) is 9.40. The highest BCUT2D eigenvalue weighted by Gasteiger charge is 2.33. The van der Waals surface area contributed by atoms with Gasteiger partial charge in [-0.15, -0.1) is 0 Å². The molecule has 0 aliphatic carbocycles. The van der Waals surface area contributed by atoms with Crippen LogP contribution in [0.2, 0.25) is 5.02 Å². The molecule has 3 aromatic rings. The number of methoxy groups -OCH3 is 1. The SMILES string of the molecule is COc1ccc(CCNC(=O)CC2CN(c3cc(C)nc(-n4ccnc4)n3)CCN2C(=O)CC(C)C)cc1Cl. The predicted molar refractivity (Wildman–Crippen MR) is 150 cm³/mol. The van der Waals surface area contributed by atoms with Crippen molar-refractivity contribution >= 4 is 29.2 Å². The van der Waals surface area contributed by atoms with Crippen molar-refractivity contribution in [3.63, 3.8) is 0 Å². The maximum Gasteiger partial charge on any atom is 0.237 e. The molecule has 1 aliphatic rings. The maximum atomic E-state index is 13.1. The summed E-state index contributed by atoms with van der Waals surface area (Å²) in [5.41, 5.74) is 1.83. The quantitative estimate of drug-likeness (QED) is 0.410. The van der Waals surface area contributed by atoms with Crippen molar-refractivity contribution < 1.29 is 14.3 Å². The van der Waals surface area contributed by atoms with Crippen LogP contribution in [0.15, 0.2) is 43.0 Å². The number of anilines is 1. The number of imidazole rings is 1. The number of rotatable bonds is 10. The molecule has 3 heterocycles. The Bertz CT molecular complexity index is 1280. The van der Waals surface area contributed by atoms with E-state index in [-0.39, 0.29) is 30.2 Å². The third kappa shape index (κ3) is 7.47. The number of carbonyl (C=O) groups is 2. The van der Waals surface area contributed by atoms with Crippen molar-refractivity contribution in [1.29, 1.82) is 0 Å². The van der Waals surface area contributed by atoms with Crippen LogP contribution in [0.3, 0.4) is 0 Å². The van der Waals surface area contributed by atoms with Crippen molar-refractivity contribution in [2.75, 3.05) is 38.2 Å². The van der Waals surface area contributed by atoms with Crippen LogP contribution < -0.4 is 15.0 Å². The molecule has 1 N–H and O–H groups in total. The lowest BCUT2D eigenvalue weighted by atomic mass is 10.0. The minimum Gasteiger partial charge on any atom is -0.495 e. The first-order chi connectivity index (χ1) is 18.7. The topological polar surface area (TPSA) is 105 Å². The fraction of sp³-hybridized carbons (Fsp3) is 0.464. The van der Waals surface area contributed by atoms with Gasteiger partial charge in [-0.25, -0.2) is 9.97 Å². The van der Waals surface area contributed by atoms with Crippen molar-refractivity contribution in [2.45, 2.75) is 46.1 Å². The Labute approximate surface area is 234 Å². The number of hydrogen-bond acceptors (Lipinski definition) is 7. The highest BCUT2D eigenvalue weighted by molar-refractivity contribution is 6.32. The van der Waals surface area contributed by atoms with Gasteiger partial charge in [-0.3, -0.25) is 14.2 Å². The van der Waals surface area contributed by atoms with Gasteiger partial charge in [-0.05, 0) is 37.0 Å². The molecule has 208 valence electrons. The molecule has 2 aromatic heterocycles. The van der Waals surface area contributed by atoms with Crippen LogP contribution in [-0.4, -0.2) is 75.6 Å². The molecule has 0 saturated carbocycles. The van der Waals surface area contributed by atoms with Crippen LogP contribution in [-0.2, 0) is 16.0 Å². The Morgan fingerprint density at radius 1 is 1.21 bits per heavy atom. The Balaban J connectivity index is 1.44. The molecular weight excluding hydrogens is 518 g/mol. The summed E-state index contributed by atoms with van der Waals surface area (Å²) in [6.45, 7) is 8.11. The van der Waals surface area contributed by atoms with E-state index in [2.05, 4.69) is 20.2 Å². The third-order valence-corrected chi connectivity index (χ3v) is 6.94. The van der Waals surface area contributed by atoms with E-state index < -0.39 is 0 Å². The molecule has 4 rings (SSSR count). The van der Waals surface area contributed by atoms with E-state index in [0.717, 1.165) is 17.1 Å². The van der Waals surface area contributed by atoms with Gasteiger partial charge >= 0.3 is 0 Å². The molecular formula is C28H36ClN7O3. The predicted octanol–water partition coefficient (Wildman–Crippen LogP) is 3.45. The zero-order valence-electron chi connectivity index (χ0n) is 22.9. The molecule has 1 atom stereocenters. The van der Waals surface area contributed by atoms with Gasteiger partial charge in [0.15, 0.2) is 0 Å². The second kappa shape index (κ2) is 12.9. The molecule has 1 unspecified atom stereocenters. The van der Waals surface area contributed by atoms with Crippen LogP contribution >= 0.6 is 11.6 Å². The molecule has 0 bridgehead atoms. The highest BCUT2D eigenvalue weighted by atomic mass is 35.5. The number of nitrogens with one attached hydrogen (secondary N) is 1. The zero-order valence-corrected chi connectivity index (χ0v) is 23.7. The second-order valence-corrected chi connectivity index (χ2v) is 10.6. The van der Waals surface area contributed by atoms with E-state index in [0.29, 0.717) is 55.7 Å². The molecule has 0 radical (unpaired) electrons. The summed E-state index contributed by atoms with van der Waals surface area (Å²) in [7, 11) is 1.58. The highest BCUT2D eigenvalue weighted by Crippen LogP contribution is 2.25. The molecule has 1 aliphatic heterocycles. The fourth-order valence-corrected chi connectivity index (χ4v) is 5.00. The van der Waals surface area contributed by atoms with Crippen molar-refractivity contribution in [3.05, 3.63) is 59.3 Å². The molecule has 2 amide bonds. The smallest absolute Gasteiger partial charge is 0.237 e. The number of ether oxygens (including phenoxy) is 1. The van der Waals surface area contributed by atoms with Crippen LogP contribution in [0.4, 0.5) is 5.82 Å². The van der Waals surface area contributed by atoms with Gasteiger partial charge in [0.05, 0.1) is 18.2 Å². The molecule has 39 heavy (non-hydrogen) atoms. The number of carbonyl (C=O) groups excluding carboxylic acids is 2. The summed E-state index contributed by atoms with van der Waals surface area (Å²) < 4.78 is 6.97.